The van der Waals surface area contributed by atoms with Gasteiger partial charge < -0.3 is 20.1 Å². The third-order valence-electron chi connectivity index (χ3n) is 6.71. The van der Waals surface area contributed by atoms with Crippen LogP contribution in [-0.2, 0) is 4.79 Å². The van der Waals surface area contributed by atoms with Gasteiger partial charge in [-0.1, -0.05) is 24.3 Å². The van der Waals surface area contributed by atoms with Gasteiger partial charge >= 0.3 is 0 Å². The highest BCUT2D eigenvalue weighted by Gasteiger charge is 2.42. The smallest absolute Gasteiger partial charge is 0.221 e. The summed E-state index contributed by atoms with van der Waals surface area (Å²) in [4.78, 5) is 18.3. The lowest BCUT2D eigenvalue weighted by molar-refractivity contribution is -0.114. The molecule has 1 amide bonds. The minimum atomic E-state index is -0.125. The summed E-state index contributed by atoms with van der Waals surface area (Å²) in [6, 6.07) is 24.2. The van der Waals surface area contributed by atoms with E-state index in [2.05, 4.69) is 76.2 Å². The Hall–Kier alpha value is -3.97. The molecule has 0 bridgehead atoms. The van der Waals surface area contributed by atoms with E-state index in [0.29, 0.717) is 5.11 Å². The molecular formula is C29H29N5OS. The number of thiocarbonyl (C=S) groups is 1. The van der Waals surface area contributed by atoms with Gasteiger partial charge in [0.1, 0.15) is 0 Å². The summed E-state index contributed by atoms with van der Waals surface area (Å²) in [6.07, 6.45) is 1.82. The summed E-state index contributed by atoms with van der Waals surface area (Å²) in [7, 11) is 0. The molecule has 182 valence electrons. The van der Waals surface area contributed by atoms with Crippen LogP contribution in [0.25, 0.3) is 5.69 Å². The zero-order valence-corrected chi connectivity index (χ0v) is 21.6. The van der Waals surface area contributed by atoms with Crippen LogP contribution in [-0.4, -0.2) is 20.6 Å². The van der Waals surface area contributed by atoms with Gasteiger partial charge in [-0.3, -0.25) is 9.78 Å². The lowest BCUT2D eigenvalue weighted by Crippen LogP contribution is -2.29. The Morgan fingerprint density at radius 2 is 1.72 bits per heavy atom. The van der Waals surface area contributed by atoms with E-state index in [1.165, 1.54) is 29.4 Å². The first-order chi connectivity index (χ1) is 17.3. The van der Waals surface area contributed by atoms with Crippen LogP contribution in [0.4, 0.5) is 11.4 Å². The van der Waals surface area contributed by atoms with Crippen LogP contribution >= 0.6 is 12.2 Å². The van der Waals surface area contributed by atoms with Crippen molar-refractivity contribution >= 4 is 34.6 Å². The van der Waals surface area contributed by atoms with Crippen LogP contribution < -0.4 is 15.5 Å². The molecule has 2 aromatic carbocycles. The molecule has 0 unspecified atom stereocenters. The van der Waals surface area contributed by atoms with E-state index < -0.39 is 0 Å². The first-order valence-corrected chi connectivity index (χ1v) is 12.4. The summed E-state index contributed by atoms with van der Waals surface area (Å²) in [5, 5.41) is 7.01. The molecule has 1 aliphatic heterocycles. The molecule has 36 heavy (non-hydrogen) atoms. The lowest BCUT2D eigenvalue weighted by Gasteiger charge is -2.28. The number of pyridine rings is 1. The molecule has 1 aliphatic rings. The van der Waals surface area contributed by atoms with Gasteiger partial charge in [0.05, 0.1) is 17.8 Å². The van der Waals surface area contributed by atoms with Crippen LogP contribution in [0.1, 0.15) is 47.2 Å². The summed E-state index contributed by atoms with van der Waals surface area (Å²) < 4.78 is 2.32. The predicted octanol–water partition coefficient (Wildman–Crippen LogP) is 5.93. The Kier molecular flexibility index (Phi) is 6.33. The van der Waals surface area contributed by atoms with Crippen LogP contribution in [0.2, 0.25) is 0 Å². The summed E-state index contributed by atoms with van der Waals surface area (Å²) >= 11 is 5.89. The third kappa shape index (κ3) is 4.27. The van der Waals surface area contributed by atoms with Crippen molar-refractivity contribution in [3.8, 4) is 5.69 Å². The molecule has 5 rings (SSSR count). The minimum absolute atomic E-state index is 0.0992. The number of hydrogen-bond acceptors (Lipinski definition) is 3. The third-order valence-corrected chi connectivity index (χ3v) is 7.02. The molecular weight excluding hydrogens is 466 g/mol. The fourth-order valence-electron chi connectivity index (χ4n) is 5.13. The molecule has 1 fully saturated rings. The van der Waals surface area contributed by atoms with E-state index in [1.54, 1.807) is 0 Å². The fraction of sp³-hybridized carbons (Fsp3) is 0.207. The van der Waals surface area contributed by atoms with Crippen LogP contribution in [0.3, 0.4) is 0 Å². The van der Waals surface area contributed by atoms with E-state index in [1.807, 2.05) is 48.7 Å². The quantitative estimate of drug-likeness (QED) is 0.336. The van der Waals surface area contributed by atoms with Crippen molar-refractivity contribution in [2.45, 2.75) is 39.8 Å². The zero-order valence-electron chi connectivity index (χ0n) is 20.8. The largest absolute Gasteiger partial charge is 0.351 e. The van der Waals surface area contributed by atoms with E-state index in [4.69, 9.17) is 12.2 Å². The maximum Gasteiger partial charge on any atom is 0.221 e. The number of aryl methyl sites for hydroxylation is 2. The molecule has 2 atom stereocenters. The van der Waals surface area contributed by atoms with Crippen molar-refractivity contribution in [2.24, 2.45) is 0 Å². The van der Waals surface area contributed by atoms with Gasteiger partial charge in [0, 0.05) is 41.6 Å². The second kappa shape index (κ2) is 9.59. The Bertz CT molecular complexity index is 1430. The first-order valence-electron chi connectivity index (χ1n) is 12.0. The summed E-state index contributed by atoms with van der Waals surface area (Å²) in [5.74, 6) is -0.0992. The lowest BCUT2D eigenvalue weighted by atomic mass is 9.96. The number of carbonyl (C=O) groups is 1. The molecule has 3 heterocycles. The van der Waals surface area contributed by atoms with Crippen molar-refractivity contribution < 1.29 is 4.79 Å². The molecule has 2 aromatic heterocycles. The normalized spacial score (nSPS) is 17.2. The van der Waals surface area contributed by atoms with Crippen molar-refractivity contribution in [3.63, 3.8) is 0 Å². The second-order valence-electron chi connectivity index (χ2n) is 9.17. The van der Waals surface area contributed by atoms with Crippen molar-refractivity contribution in [1.82, 2.24) is 14.9 Å². The van der Waals surface area contributed by atoms with E-state index >= 15 is 0 Å². The van der Waals surface area contributed by atoms with E-state index in [0.717, 1.165) is 22.8 Å². The highest BCUT2D eigenvalue weighted by molar-refractivity contribution is 7.80. The number of nitrogens with one attached hydrogen (secondary N) is 2. The van der Waals surface area contributed by atoms with Gasteiger partial charge in [0.15, 0.2) is 5.11 Å². The topological polar surface area (TPSA) is 62.2 Å². The zero-order chi connectivity index (χ0) is 25.4. The first kappa shape index (κ1) is 23.8. The number of benzene rings is 2. The number of nitrogens with zero attached hydrogens (tertiary/aromatic N) is 3. The molecule has 4 aromatic rings. The molecule has 0 saturated carbocycles. The molecule has 1 saturated heterocycles. The van der Waals surface area contributed by atoms with Crippen LogP contribution in [0.5, 0.6) is 0 Å². The van der Waals surface area contributed by atoms with Gasteiger partial charge in [-0.25, -0.2) is 0 Å². The molecule has 0 aliphatic carbocycles. The average Bonchev–Trinajstić information content (AvgIpc) is 3.35. The average molecular weight is 496 g/mol. The maximum atomic E-state index is 11.5. The molecule has 0 spiro atoms. The molecule has 2 N–H and O–H groups in total. The van der Waals surface area contributed by atoms with Crippen molar-refractivity contribution in [1.29, 1.82) is 0 Å². The molecule has 6 nitrogen and oxygen atoms in total. The van der Waals surface area contributed by atoms with Crippen LogP contribution in [0, 0.1) is 20.8 Å². The second-order valence-corrected chi connectivity index (χ2v) is 9.56. The Morgan fingerprint density at radius 1 is 1.00 bits per heavy atom. The summed E-state index contributed by atoms with van der Waals surface area (Å²) in [6.45, 7) is 7.96. The Balaban J connectivity index is 1.64. The highest BCUT2D eigenvalue weighted by atomic mass is 32.1. The minimum Gasteiger partial charge on any atom is -0.351 e. The highest BCUT2D eigenvalue weighted by Crippen LogP contribution is 2.44. The SMILES string of the molecule is CC(=O)Nc1ccc(N2C(=S)N[C@H](c3ccccn3)[C@H]2c2cc(C)n(-c3ccccc3C)c2C)cc1. The number of rotatable bonds is 5. The van der Waals surface area contributed by atoms with Gasteiger partial charge in [0.25, 0.3) is 0 Å². The van der Waals surface area contributed by atoms with Gasteiger partial charge in [-0.15, -0.1) is 0 Å². The number of aromatic nitrogens is 2. The number of hydrogen-bond donors (Lipinski definition) is 2. The monoisotopic (exact) mass is 495 g/mol. The van der Waals surface area contributed by atoms with E-state index in [9.17, 15) is 4.79 Å². The number of amides is 1. The predicted molar refractivity (Wildman–Crippen MR) is 149 cm³/mol. The van der Waals surface area contributed by atoms with Crippen molar-refractivity contribution in [2.75, 3.05) is 10.2 Å². The Morgan fingerprint density at radius 3 is 2.39 bits per heavy atom. The Labute approximate surface area is 217 Å². The standard InChI is InChI=1S/C29H29N5OS/c1-18-9-5-6-11-26(18)33-19(2)17-24(20(33)3)28-27(25-10-7-8-16-30-25)32-29(36)34(28)23-14-12-22(13-15-23)31-21(4)35/h5-17,27-28H,1-4H3,(H,31,35)(H,32,36)/t27-,28-/m1/s1. The number of carbonyl (C=O) groups excluding carboxylic acids is 1. The van der Waals surface area contributed by atoms with Gasteiger partial charge in [-0.05, 0) is 92.6 Å². The maximum absolute atomic E-state index is 11.5. The summed E-state index contributed by atoms with van der Waals surface area (Å²) in [5.41, 5.74) is 8.54. The molecule has 7 heteroatoms. The van der Waals surface area contributed by atoms with Crippen molar-refractivity contribution in [3.05, 3.63) is 107 Å². The van der Waals surface area contributed by atoms with Crippen LogP contribution in [0.15, 0.2) is 79.0 Å². The van der Waals surface area contributed by atoms with Gasteiger partial charge in [-0.2, -0.15) is 0 Å². The number of anilines is 2. The van der Waals surface area contributed by atoms with Gasteiger partial charge in [0.2, 0.25) is 5.91 Å². The number of para-hydroxylation sites is 1. The molecule has 0 radical (unpaired) electrons. The van der Waals surface area contributed by atoms with E-state index in [-0.39, 0.29) is 18.0 Å². The fourth-order valence-corrected chi connectivity index (χ4v) is 5.48.